The fourth-order valence-corrected chi connectivity index (χ4v) is 1.27. The predicted molar refractivity (Wildman–Crippen MR) is 56.0 cm³/mol. The smallest absolute Gasteiger partial charge is 0.340 e. The topological polar surface area (TPSA) is 73.6 Å². The Labute approximate surface area is 88.1 Å². The Morgan fingerprint density at radius 1 is 1.47 bits per heavy atom. The molecule has 0 spiro atoms. The molecule has 5 heteroatoms. The van der Waals surface area contributed by atoms with Crippen LogP contribution in [0.2, 0.25) is 0 Å². The van der Waals surface area contributed by atoms with E-state index in [0.29, 0.717) is 17.8 Å². The molecule has 15 heavy (non-hydrogen) atoms. The molecule has 0 aliphatic carbocycles. The highest BCUT2D eigenvalue weighted by molar-refractivity contribution is 5.96. The molecule has 0 fully saturated rings. The summed E-state index contributed by atoms with van der Waals surface area (Å²) in [7, 11) is 2.83. The highest BCUT2D eigenvalue weighted by atomic mass is 16.6. The van der Waals surface area contributed by atoms with E-state index in [9.17, 15) is 4.79 Å². The normalized spacial score (nSPS) is 10.0. The van der Waals surface area contributed by atoms with Gasteiger partial charge in [-0.2, -0.15) is 5.48 Å². The van der Waals surface area contributed by atoms with Crippen molar-refractivity contribution < 1.29 is 14.4 Å². The quantitative estimate of drug-likeness (QED) is 0.435. The summed E-state index contributed by atoms with van der Waals surface area (Å²) in [4.78, 5) is 16.2. The Balaban J connectivity index is 3.03. The maximum atomic E-state index is 11.4. The number of nitrogens with two attached hydrogens (primary N) is 1. The molecular weight excluding hydrogens is 196 g/mol. The molecule has 0 aromatic heterocycles. The van der Waals surface area contributed by atoms with Gasteiger partial charge < -0.3 is 15.3 Å². The fraction of sp³-hybridized carbons (Fsp3) is 0.300. The van der Waals surface area contributed by atoms with Crippen molar-refractivity contribution >= 4 is 11.7 Å². The monoisotopic (exact) mass is 210 g/mol. The van der Waals surface area contributed by atoms with Crippen molar-refractivity contribution in [2.75, 3.05) is 20.0 Å². The fourth-order valence-electron chi connectivity index (χ4n) is 1.27. The van der Waals surface area contributed by atoms with E-state index >= 15 is 0 Å². The Bertz CT molecular complexity index is 353. The first-order valence-corrected chi connectivity index (χ1v) is 4.42. The van der Waals surface area contributed by atoms with E-state index in [-0.39, 0.29) is 0 Å². The number of nitrogen functional groups attached to an aromatic ring is 1. The van der Waals surface area contributed by atoms with E-state index in [1.54, 1.807) is 18.2 Å². The van der Waals surface area contributed by atoms with Crippen LogP contribution >= 0.6 is 0 Å². The van der Waals surface area contributed by atoms with Crippen LogP contribution in [0.4, 0.5) is 5.69 Å². The molecule has 0 atom stereocenters. The second-order valence-electron chi connectivity index (χ2n) is 2.90. The minimum atomic E-state index is -0.444. The van der Waals surface area contributed by atoms with Gasteiger partial charge >= 0.3 is 5.97 Å². The molecule has 0 radical (unpaired) electrons. The van der Waals surface area contributed by atoms with Crippen LogP contribution in [0, 0.1) is 0 Å². The number of hydroxylamine groups is 1. The van der Waals surface area contributed by atoms with Gasteiger partial charge in [-0.15, -0.1) is 0 Å². The first kappa shape index (κ1) is 11.5. The molecule has 0 saturated heterocycles. The second kappa shape index (κ2) is 5.33. The number of rotatable bonds is 4. The van der Waals surface area contributed by atoms with E-state index in [1.807, 2.05) is 0 Å². The Kier molecular flexibility index (Phi) is 4.08. The average molecular weight is 210 g/mol. The molecule has 5 nitrogen and oxygen atoms in total. The van der Waals surface area contributed by atoms with Crippen molar-refractivity contribution in [2.45, 2.75) is 6.54 Å². The summed E-state index contributed by atoms with van der Waals surface area (Å²) in [6.45, 7) is 0.395. The summed E-state index contributed by atoms with van der Waals surface area (Å²) in [6.07, 6.45) is 0. The first-order valence-electron chi connectivity index (χ1n) is 4.42. The predicted octanol–water partition coefficient (Wildman–Crippen LogP) is 0.706. The zero-order chi connectivity index (χ0) is 11.3. The summed E-state index contributed by atoms with van der Waals surface area (Å²) in [6, 6.07) is 5.21. The zero-order valence-electron chi connectivity index (χ0n) is 8.74. The van der Waals surface area contributed by atoms with Gasteiger partial charge in [0, 0.05) is 12.2 Å². The molecule has 0 heterocycles. The number of esters is 1. The van der Waals surface area contributed by atoms with Crippen molar-refractivity contribution in [2.24, 2.45) is 0 Å². The molecule has 0 bridgehead atoms. The molecule has 0 saturated carbocycles. The van der Waals surface area contributed by atoms with Gasteiger partial charge in [-0.3, -0.25) is 0 Å². The molecule has 1 rings (SSSR count). The lowest BCUT2D eigenvalue weighted by Crippen LogP contribution is -2.16. The number of hydrogen-bond acceptors (Lipinski definition) is 5. The second-order valence-corrected chi connectivity index (χ2v) is 2.90. The van der Waals surface area contributed by atoms with Gasteiger partial charge in [-0.25, -0.2) is 4.79 Å². The average Bonchev–Trinajstić information content (AvgIpc) is 2.25. The van der Waals surface area contributed by atoms with Crippen LogP contribution in [0.15, 0.2) is 18.2 Å². The highest BCUT2D eigenvalue weighted by Crippen LogP contribution is 2.17. The lowest BCUT2D eigenvalue weighted by Gasteiger charge is -2.10. The summed E-state index contributed by atoms with van der Waals surface area (Å²) < 4.78 is 4.65. The number of anilines is 1. The van der Waals surface area contributed by atoms with Crippen LogP contribution in [0.5, 0.6) is 0 Å². The highest BCUT2D eigenvalue weighted by Gasteiger charge is 2.14. The Morgan fingerprint density at radius 2 is 2.20 bits per heavy atom. The minimum absolute atomic E-state index is 0.379. The van der Waals surface area contributed by atoms with Crippen LogP contribution in [0.25, 0.3) is 0 Å². The number of benzene rings is 1. The summed E-state index contributed by atoms with van der Waals surface area (Å²) in [5, 5.41) is 0. The third kappa shape index (κ3) is 2.68. The van der Waals surface area contributed by atoms with E-state index in [2.05, 4.69) is 10.2 Å². The van der Waals surface area contributed by atoms with E-state index in [1.165, 1.54) is 14.2 Å². The molecular formula is C10H14N2O3. The minimum Gasteiger partial charge on any atom is -0.465 e. The SMILES string of the molecule is CONCc1cccc(N)c1C(=O)OC. The molecule has 3 N–H and O–H groups in total. The van der Waals surface area contributed by atoms with Crippen molar-refractivity contribution in [3.8, 4) is 0 Å². The van der Waals surface area contributed by atoms with Crippen molar-refractivity contribution in [1.29, 1.82) is 0 Å². The molecule has 0 amide bonds. The zero-order valence-corrected chi connectivity index (χ0v) is 8.74. The molecule has 0 aliphatic rings. The standard InChI is InChI=1S/C10H14N2O3/c1-14-10(13)9-7(6-12-15-2)4-3-5-8(9)11/h3-5,12H,6,11H2,1-2H3. The maximum absolute atomic E-state index is 11.4. The largest absolute Gasteiger partial charge is 0.465 e. The van der Waals surface area contributed by atoms with Crippen LogP contribution in [-0.2, 0) is 16.1 Å². The van der Waals surface area contributed by atoms with Crippen molar-refractivity contribution in [3.05, 3.63) is 29.3 Å². The maximum Gasteiger partial charge on any atom is 0.340 e. The number of hydrogen-bond donors (Lipinski definition) is 2. The van der Waals surface area contributed by atoms with Crippen LogP contribution in [0.3, 0.4) is 0 Å². The molecule has 0 aliphatic heterocycles. The van der Waals surface area contributed by atoms with Crippen molar-refractivity contribution in [1.82, 2.24) is 5.48 Å². The first-order chi connectivity index (χ1) is 7.20. The number of carbonyl (C=O) groups is 1. The summed E-state index contributed by atoms with van der Waals surface area (Å²) in [5.41, 5.74) is 9.87. The van der Waals surface area contributed by atoms with Crippen LogP contribution in [0.1, 0.15) is 15.9 Å². The van der Waals surface area contributed by atoms with Gasteiger partial charge in [-0.1, -0.05) is 12.1 Å². The summed E-state index contributed by atoms with van der Waals surface area (Å²) >= 11 is 0. The van der Waals surface area contributed by atoms with Gasteiger partial charge in [0.1, 0.15) is 0 Å². The van der Waals surface area contributed by atoms with Crippen LogP contribution in [-0.4, -0.2) is 20.2 Å². The lowest BCUT2D eigenvalue weighted by molar-refractivity contribution is 0.0595. The van der Waals surface area contributed by atoms with Gasteiger partial charge in [0.2, 0.25) is 0 Å². The molecule has 0 unspecified atom stereocenters. The third-order valence-corrected chi connectivity index (χ3v) is 1.98. The van der Waals surface area contributed by atoms with Crippen molar-refractivity contribution in [3.63, 3.8) is 0 Å². The van der Waals surface area contributed by atoms with E-state index < -0.39 is 5.97 Å². The lowest BCUT2D eigenvalue weighted by atomic mass is 10.1. The van der Waals surface area contributed by atoms with E-state index in [4.69, 9.17) is 10.6 Å². The number of carbonyl (C=O) groups excluding carboxylic acids is 1. The Hall–Kier alpha value is -1.59. The van der Waals surface area contributed by atoms with Gasteiger partial charge in [0.25, 0.3) is 0 Å². The van der Waals surface area contributed by atoms with Gasteiger partial charge in [0.05, 0.1) is 19.8 Å². The summed E-state index contributed by atoms with van der Waals surface area (Å²) in [5.74, 6) is -0.444. The molecule has 1 aromatic carbocycles. The third-order valence-electron chi connectivity index (χ3n) is 1.98. The molecule has 82 valence electrons. The van der Waals surface area contributed by atoms with Gasteiger partial charge in [-0.05, 0) is 11.6 Å². The van der Waals surface area contributed by atoms with Crippen LogP contribution < -0.4 is 11.2 Å². The number of nitrogens with one attached hydrogen (secondary N) is 1. The molecule has 1 aromatic rings. The van der Waals surface area contributed by atoms with Gasteiger partial charge in [0.15, 0.2) is 0 Å². The number of methoxy groups -OCH3 is 1. The Morgan fingerprint density at radius 3 is 2.80 bits per heavy atom. The number of ether oxygens (including phenoxy) is 1. The van der Waals surface area contributed by atoms with E-state index in [0.717, 1.165) is 5.56 Å².